The van der Waals surface area contributed by atoms with E-state index in [0.717, 1.165) is 53.4 Å². The van der Waals surface area contributed by atoms with Crippen molar-refractivity contribution in [2.75, 3.05) is 39.3 Å². The minimum Gasteiger partial charge on any atom is -0.506 e. The van der Waals surface area contributed by atoms with E-state index in [-0.39, 0.29) is 23.4 Å². The highest BCUT2D eigenvalue weighted by Gasteiger charge is 2.33. The maximum atomic E-state index is 14.3. The van der Waals surface area contributed by atoms with Crippen LogP contribution in [0.25, 0.3) is 21.9 Å². The molecule has 1 amide bonds. The van der Waals surface area contributed by atoms with Gasteiger partial charge in [-0.1, -0.05) is 24.6 Å². The minimum absolute atomic E-state index is 0.0656. The van der Waals surface area contributed by atoms with Crippen molar-refractivity contribution in [2.45, 2.75) is 69.5 Å². The second-order valence-corrected chi connectivity index (χ2v) is 15.2. The number of aromatic hydroxyl groups is 1. The molecule has 0 bridgehead atoms. The standard InChI is InChI=1S/C36H41Br2N9O3/c37-27-18-23(19-28(38)33(27)48)20-30(34(49)45-14-8-24(9-15-45)44-12-4-1-5-13-44)42-35(41-22-39)46-16-10-25(11-17-46)47-31-21-40-29-7-3-2-6-26(29)32(31)43-36(47)50/h2-3,6-7,18-19,21,24-25,30,48H,1,4-5,8-17,20H2,(H,41,42)(H,43,50)/t30-/m1/s1. The number of halogens is 2. The van der Waals surface area contributed by atoms with E-state index in [2.05, 4.69) is 52.0 Å². The molecule has 2 aromatic carbocycles. The molecule has 3 saturated heterocycles. The number of carbonyl (C=O) groups excluding carboxylic acids is 1. The van der Waals surface area contributed by atoms with E-state index in [4.69, 9.17) is 4.99 Å². The van der Waals surface area contributed by atoms with Gasteiger partial charge in [-0.25, -0.2) is 9.79 Å². The smallest absolute Gasteiger partial charge is 0.326 e. The molecule has 2 aromatic heterocycles. The van der Waals surface area contributed by atoms with Crippen molar-refractivity contribution in [1.29, 1.82) is 5.26 Å². The summed E-state index contributed by atoms with van der Waals surface area (Å²) < 4.78 is 2.85. The van der Waals surface area contributed by atoms with Gasteiger partial charge in [0.25, 0.3) is 0 Å². The Kier molecular flexibility index (Phi) is 10.4. The number of rotatable bonds is 6. The highest BCUT2D eigenvalue weighted by atomic mass is 79.9. The zero-order valence-electron chi connectivity index (χ0n) is 27.8. The summed E-state index contributed by atoms with van der Waals surface area (Å²) in [7, 11) is 0. The Labute approximate surface area is 307 Å². The molecule has 3 fully saturated rings. The number of carbonyl (C=O) groups is 1. The van der Waals surface area contributed by atoms with Gasteiger partial charge < -0.3 is 24.8 Å². The second kappa shape index (κ2) is 15.1. The molecule has 262 valence electrons. The first-order valence-electron chi connectivity index (χ1n) is 17.5. The Bertz CT molecular complexity index is 1980. The Morgan fingerprint density at radius 2 is 1.66 bits per heavy atom. The number of aromatic amines is 1. The number of guanidine groups is 1. The number of hydrogen-bond donors (Lipinski definition) is 3. The summed E-state index contributed by atoms with van der Waals surface area (Å²) in [6.45, 7) is 4.70. The molecule has 7 rings (SSSR count). The van der Waals surface area contributed by atoms with Crippen LogP contribution in [0, 0.1) is 11.5 Å². The van der Waals surface area contributed by atoms with E-state index in [1.54, 1.807) is 22.9 Å². The predicted octanol–water partition coefficient (Wildman–Crippen LogP) is 5.26. The summed E-state index contributed by atoms with van der Waals surface area (Å²) in [5, 5.41) is 23.8. The highest BCUT2D eigenvalue weighted by molar-refractivity contribution is 9.11. The summed E-state index contributed by atoms with van der Waals surface area (Å²) in [4.78, 5) is 46.6. The third-order valence-corrected chi connectivity index (χ3v) is 11.7. The fraction of sp³-hybridized carbons (Fsp3) is 0.472. The molecule has 3 aliphatic rings. The number of nitrogens with zero attached hydrogens (tertiary/aromatic N) is 7. The molecule has 50 heavy (non-hydrogen) atoms. The number of amides is 1. The number of fused-ring (bicyclic) bond motifs is 3. The third-order valence-electron chi connectivity index (χ3n) is 10.5. The summed E-state index contributed by atoms with van der Waals surface area (Å²) in [6, 6.07) is 11.0. The fourth-order valence-electron chi connectivity index (χ4n) is 7.90. The molecule has 5 heterocycles. The number of pyridine rings is 1. The zero-order valence-corrected chi connectivity index (χ0v) is 31.0. The third kappa shape index (κ3) is 7.13. The number of hydrogen-bond acceptors (Lipinski definition) is 7. The minimum atomic E-state index is -0.783. The number of phenolic OH excluding ortho intramolecular Hbond substituents is 1. The molecule has 0 unspecified atom stereocenters. The van der Waals surface area contributed by atoms with Gasteiger partial charge in [-0.15, -0.1) is 0 Å². The molecule has 3 aliphatic heterocycles. The first kappa shape index (κ1) is 34.5. The number of aromatic nitrogens is 3. The first-order chi connectivity index (χ1) is 24.3. The normalized spacial score (nSPS) is 19.2. The largest absolute Gasteiger partial charge is 0.506 e. The number of para-hydroxylation sites is 1. The van der Waals surface area contributed by atoms with Crippen molar-refractivity contribution < 1.29 is 9.90 Å². The van der Waals surface area contributed by atoms with Gasteiger partial charge >= 0.3 is 5.69 Å². The van der Waals surface area contributed by atoms with Gasteiger partial charge in [0, 0.05) is 50.1 Å². The average Bonchev–Trinajstić information content (AvgIpc) is 3.49. The second-order valence-electron chi connectivity index (χ2n) is 13.5. The number of benzene rings is 2. The molecular weight excluding hydrogens is 766 g/mol. The van der Waals surface area contributed by atoms with Gasteiger partial charge in [0.2, 0.25) is 11.9 Å². The van der Waals surface area contributed by atoms with E-state index in [0.29, 0.717) is 66.4 Å². The van der Waals surface area contributed by atoms with Gasteiger partial charge in [0.15, 0.2) is 6.19 Å². The van der Waals surface area contributed by atoms with Crippen LogP contribution >= 0.6 is 31.9 Å². The number of likely N-dealkylation sites (tertiary alicyclic amines) is 3. The number of H-pyrrole nitrogens is 1. The van der Waals surface area contributed by atoms with Crippen LogP contribution in [0.15, 0.2) is 61.3 Å². The quantitative estimate of drug-likeness (QED) is 0.104. The number of phenols is 1. The Morgan fingerprint density at radius 3 is 2.36 bits per heavy atom. The molecule has 1 atom stereocenters. The van der Waals surface area contributed by atoms with Crippen LogP contribution in [0.3, 0.4) is 0 Å². The maximum absolute atomic E-state index is 14.3. The van der Waals surface area contributed by atoms with Crippen molar-refractivity contribution >= 4 is 65.7 Å². The van der Waals surface area contributed by atoms with Gasteiger partial charge in [-0.2, -0.15) is 5.26 Å². The molecule has 3 N–H and O–H groups in total. The molecule has 14 heteroatoms. The summed E-state index contributed by atoms with van der Waals surface area (Å²) in [5.41, 5.74) is 3.04. The van der Waals surface area contributed by atoms with Gasteiger partial charge in [-0.3, -0.25) is 19.7 Å². The van der Waals surface area contributed by atoms with Crippen molar-refractivity contribution in [1.82, 2.24) is 34.6 Å². The number of aliphatic imine (C=N–C) groups is 1. The van der Waals surface area contributed by atoms with Crippen LogP contribution < -0.4 is 11.0 Å². The molecule has 0 saturated carbocycles. The van der Waals surface area contributed by atoms with Gasteiger partial charge in [-0.05, 0) is 107 Å². The van der Waals surface area contributed by atoms with E-state index >= 15 is 0 Å². The number of piperidine rings is 3. The van der Waals surface area contributed by atoms with Gasteiger partial charge in [0.05, 0.1) is 31.7 Å². The van der Waals surface area contributed by atoms with Crippen molar-refractivity contribution in [3.05, 3.63) is 67.6 Å². The van der Waals surface area contributed by atoms with Crippen LogP contribution in [-0.2, 0) is 11.2 Å². The van der Waals surface area contributed by atoms with Gasteiger partial charge in [0.1, 0.15) is 11.8 Å². The van der Waals surface area contributed by atoms with E-state index in [1.807, 2.05) is 40.3 Å². The van der Waals surface area contributed by atoms with Crippen LogP contribution in [0.2, 0.25) is 0 Å². The molecule has 12 nitrogen and oxygen atoms in total. The summed E-state index contributed by atoms with van der Waals surface area (Å²) in [5.74, 6) is 0.371. The average molecular weight is 808 g/mol. The number of nitriles is 1. The topological polar surface area (TPSA) is 146 Å². The van der Waals surface area contributed by atoms with E-state index in [9.17, 15) is 20.0 Å². The lowest BCUT2D eigenvalue weighted by atomic mass is 9.98. The fourth-order valence-corrected chi connectivity index (χ4v) is 9.18. The molecule has 0 radical (unpaired) electrons. The monoisotopic (exact) mass is 805 g/mol. The molecule has 0 spiro atoms. The summed E-state index contributed by atoms with van der Waals surface area (Å²) >= 11 is 6.85. The lowest BCUT2D eigenvalue weighted by Crippen LogP contribution is -2.51. The Morgan fingerprint density at radius 1 is 1.00 bits per heavy atom. The Balaban J connectivity index is 1.11. The SMILES string of the molecule is N#CNC(=N[C@H](Cc1cc(Br)c(O)c(Br)c1)C(=O)N1CCC(N2CCCCC2)CC1)N1CCC(n2c(=O)[nH]c3c4ccccc4ncc32)CC1. The maximum Gasteiger partial charge on any atom is 0.326 e. The van der Waals surface area contributed by atoms with Crippen LogP contribution in [0.4, 0.5) is 0 Å². The predicted molar refractivity (Wildman–Crippen MR) is 200 cm³/mol. The van der Waals surface area contributed by atoms with Crippen LogP contribution in [-0.4, -0.2) is 97.6 Å². The first-order valence-corrected chi connectivity index (χ1v) is 19.0. The van der Waals surface area contributed by atoms with E-state index in [1.165, 1.54) is 19.3 Å². The lowest BCUT2D eigenvalue weighted by molar-refractivity contribution is -0.134. The van der Waals surface area contributed by atoms with Crippen molar-refractivity contribution in [3.63, 3.8) is 0 Å². The van der Waals surface area contributed by atoms with Crippen molar-refractivity contribution in [3.8, 4) is 11.9 Å². The van der Waals surface area contributed by atoms with Crippen LogP contribution in [0.1, 0.15) is 56.6 Å². The molecule has 0 aliphatic carbocycles. The highest BCUT2D eigenvalue weighted by Crippen LogP contribution is 2.34. The number of imidazole rings is 1. The Hall–Kier alpha value is -3.93. The molecular formula is C36H41Br2N9O3. The van der Waals surface area contributed by atoms with Crippen LogP contribution in [0.5, 0.6) is 5.75 Å². The lowest BCUT2D eigenvalue weighted by Gasteiger charge is -2.41. The molecule has 4 aromatic rings. The summed E-state index contributed by atoms with van der Waals surface area (Å²) in [6.07, 6.45) is 11.0. The van der Waals surface area contributed by atoms with E-state index < -0.39 is 6.04 Å². The zero-order chi connectivity index (χ0) is 34.8. The number of nitrogens with one attached hydrogen (secondary N) is 2. The van der Waals surface area contributed by atoms with Crippen molar-refractivity contribution in [2.24, 2.45) is 4.99 Å².